The van der Waals surface area contributed by atoms with Gasteiger partial charge in [0.25, 0.3) is 10.1 Å². The second-order valence-electron chi connectivity index (χ2n) is 6.67. The van der Waals surface area contributed by atoms with E-state index in [2.05, 4.69) is 15.2 Å². The Morgan fingerprint density at radius 3 is 2.25 bits per heavy atom. The Balaban J connectivity index is 0.00000289. The van der Waals surface area contributed by atoms with Crippen molar-refractivity contribution >= 4 is 67.5 Å². The third-order valence-corrected chi connectivity index (χ3v) is 5.46. The number of nitrogens with two attached hydrogens (primary N) is 1. The number of azo groups is 1. The van der Waals surface area contributed by atoms with Crippen molar-refractivity contribution in [3.8, 4) is 5.75 Å². The quantitative estimate of drug-likeness (QED) is 0.191. The van der Waals surface area contributed by atoms with Crippen molar-refractivity contribution in [1.82, 2.24) is 4.98 Å². The zero-order valence-electron chi connectivity index (χ0n) is 16.2. The summed E-state index contributed by atoms with van der Waals surface area (Å²) in [5.41, 5.74) is 8.10. The zero-order chi connectivity index (χ0) is 21.8. The summed E-state index contributed by atoms with van der Waals surface area (Å²) in [6, 6.07) is 18.5. The Labute approximate surface area is 207 Å². The molecule has 0 spiro atoms. The average molecular weight is 458 g/mol. The molecule has 10 heteroatoms. The fraction of sp³-hybridized carbons (Fsp3) is 0.0455. The molecule has 8 nitrogen and oxygen atoms in total. The fourth-order valence-electron chi connectivity index (χ4n) is 3.01. The molecule has 0 bridgehead atoms. The van der Waals surface area contributed by atoms with Crippen LogP contribution in [0.15, 0.2) is 94.2 Å². The van der Waals surface area contributed by atoms with Gasteiger partial charge < -0.3 is 10.5 Å². The number of pyridine rings is 1. The van der Waals surface area contributed by atoms with Gasteiger partial charge in [0.05, 0.1) is 11.4 Å². The molecule has 4 rings (SSSR count). The average Bonchev–Trinajstić information content (AvgIpc) is 2.78. The molecule has 4 aromatic rings. The molecule has 0 aliphatic heterocycles. The van der Waals surface area contributed by atoms with Gasteiger partial charge in [-0.15, -0.1) is 5.11 Å². The van der Waals surface area contributed by atoms with Gasteiger partial charge in [0, 0.05) is 23.2 Å². The first-order valence-electron chi connectivity index (χ1n) is 9.24. The van der Waals surface area contributed by atoms with Crippen LogP contribution in [-0.4, -0.2) is 47.5 Å². The molecule has 1 heterocycles. The molecule has 0 radical (unpaired) electrons. The Morgan fingerprint density at radius 1 is 0.938 bits per heavy atom. The Hall–Kier alpha value is -2.82. The van der Waals surface area contributed by atoms with Crippen LogP contribution in [0.4, 0.5) is 17.1 Å². The van der Waals surface area contributed by atoms with E-state index in [1.807, 2.05) is 12.1 Å². The van der Waals surface area contributed by atoms with E-state index in [-0.39, 0.29) is 45.8 Å². The topological polar surface area (TPSA) is 127 Å². The molecule has 0 unspecified atom stereocenters. The molecule has 0 aliphatic rings. The number of hydrogen-bond donors (Lipinski definition) is 2. The predicted octanol–water partition coefficient (Wildman–Crippen LogP) is 4.41. The van der Waals surface area contributed by atoms with E-state index in [0.717, 1.165) is 5.56 Å². The van der Waals surface area contributed by atoms with Gasteiger partial charge in [-0.3, -0.25) is 9.54 Å². The van der Waals surface area contributed by atoms with E-state index < -0.39 is 10.1 Å². The van der Waals surface area contributed by atoms with Crippen molar-refractivity contribution in [1.29, 1.82) is 0 Å². The van der Waals surface area contributed by atoms with Crippen LogP contribution in [0.25, 0.3) is 10.8 Å². The van der Waals surface area contributed by atoms with Crippen molar-refractivity contribution < 1.29 is 17.7 Å². The molecule has 32 heavy (non-hydrogen) atoms. The van der Waals surface area contributed by atoms with E-state index in [1.165, 1.54) is 6.07 Å². The number of rotatable bonds is 6. The van der Waals surface area contributed by atoms with Crippen LogP contribution in [0, 0.1) is 0 Å². The molecule has 1 aromatic heterocycles. The summed E-state index contributed by atoms with van der Waals surface area (Å²) in [7, 11) is -4.46. The molecule has 158 valence electrons. The summed E-state index contributed by atoms with van der Waals surface area (Å²) in [4.78, 5) is 3.69. The number of nitrogen functional groups attached to an aromatic ring is 1. The Morgan fingerprint density at radius 2 is 1.59 bits per heavy atom. The van der Waals surface area contributed by atoms with Crippen molar-refractivity contribution in [2.75, 3.05) is 5.73 Å². The minimum atomic E-state index is -4.46. The third kappa shape index (κ3) is 5.50. The van der Waals surface area contributed by atoms with E-state index in [0.29, 0.717) is 28.8 Å². The SMILES string of the molecule is Nc1c(N=Nc2ccc(OCc3ccncc3)cc2)cc(S(=O)(=O)O)c2ccccc12.[NaH]. The molecular weight excluding hydrogens is 439 g/mol. The van der Waals surface area contributed by atoms with Crippen LogP contribution < -0.4 is 10.5 Å². The van der Waals surface area contributed by atoms with Crippen LogP contribution >= 0.6 is 0 Å². The summed E-state index contributed by atoms with van der Waals surface area (Å²) >= 11 is 0. The summed E-state index contributed by atoms with van der Waals surface area (Å²) < 4.78 is 38.9. The second-order valence-corrected chi connectivity index (χ2v) is 8.06. The van der Waals surface area contributed by atoms with E-state index >= 15 is 0 Å². The number of aromatic nitrogens is 1. The third-order valence-electron chi connectivity index (χ3n) is 4.57. The molecule has 0 aliphatic carbocycles. The first-order chi connectivity index (χ1) is 14.9. The normalized spacial score (nSPS) is 11.4. The molecule has 0 saturated heterocycles. The van der Waals surface area contributed by atoms with Crippen LogP contribution in [0.1, 0.15) is 5.56 Å². The fourth-order valence-corrected chi connectivity index (χ4v) is 3.73. The monoisotopic (exact) mass is 458 g/mol. The van der Waals surface area contributed by atoms with Crippen molar-refractivity contribution in [3.63, 3.8) is 0 Å². The van der Waals surface area contributed by atoms with Crippen LogP contribution in [0.2, 0.25) is 0 Å². The Kier molecular flexibility index (Phi) is 7.60. The van der Waals surface area contributed by atoms with E-state index in [1.54, 1.807) is 60.9 Å². The zero-order valence-corrected chi connectivity index (χ0v) is 17.0. The summed E-state index contributed by atoms with van der Waals surface area (Å²) in [6.07, 6.45) is 3.40. The van der Waals surface area contributed by atoms with Gasteiger partial charge >= 0.3 is 29.6 Å². The summed E-state index contributed by atoms with van der Waals surface area (Å²) in [5, 5.41) is 9.01. The summed E-state index contributed by atoms with van der Waals surface area (Å²) in [6.45, 7) is 0.412. The maximum absolute atomic E-state index is 11.8. The van der Waals surface area contributed by atoms with Gasteiger partial charge in [0.1, 0.15) is 22.9 Å². The predicted molar refractivity (Wildman–Crippen MR) is 125 cm³/mol. The van der Waals surface area contributed by atoms with Gasteiger partial charge in [-0.2, -0.15) is 13.5 Å². The molecule has 0 amide bonds. The van der Waals surface area contributed by atoms with Crippen molar-refractivity contribution in [2.24, 2.45) is 10.2 Å². The van der Waals surface area contributed by atoms with E-state index in [4.69, 9.17) is 10.5 Å². The number of nitrogens with zero attached hydrogens (tertiary/aromatic N) is 3. The number of anilines is 1. The van der Waals surface area contributed by atoms with Gasteiger partial charge in [-0.25, -0.2) is 0 Å². The Bertz CT molecular complexity index is 1360. The van der Waals surface area contributed by atoms with Gasteiger partial charge in [-0.1, -0.05) is 24.3 Å². The minimum absolute atomic E-state index is 0. The maximum atomic E-state index is 11.8. The van der Waals surface area contributed by atoms with Crippen LogP contribution in [0.5, 0.6) is 5.75 Å². The van der Waals surface area contributed by atoms with Gasteiger partial charge in [0.2, 0.25) is 0 Å². The molecular formula is C22H19N4NaO4S. The first-order valence-corrected chi connectivity index (χ1v) is 10.7. The number of fused-ring (bicyclic) bond motifs is 1. The second kappa shape index (κ2) is 10.2. The number of hydrogen-bond acceptors (Lipinski definition) is 7. The van der Waals surface area contributed by atoms with E-state index in [9.17, 15) is 13.0 Å². The van der Waals surface area contributed by atoms with Crippen LogP contribution in [0.3, 0.4) is 0 Å². The standard InChI is InChI=1S/C22H18N4O4S.Na.H/c23-22-19-4-2-1-3-18(19)21(31(27,28)29)13-20(22)26-25-16-5-7-17(8-6-16)30-14-15-9-11-24-12-10-15;;/h1-13H,14,23H2,(H,27,28,29);;. The molecule has 0 saturated carbocycles. The molecule has 0 atom stereocenters. The molecule has 3 aromatic carbocycles. The first kappa shape index (κ1) is 23.8. The van der Waals surface area contributed by atoms with Crippen LogP contribution in [-0.2, 0) is 16.7 Å². The molecule has 3 N–H and O–H groups in total. The number of benzene rings is 3. The van der Waals surface area contributed by atoms with Gasteiger partial charge in [-0.05, 0) is 48.0 Å². The van der Waals surface area contributed by atoms with Crippen molar-refractivity contribution in [2.45, 2.75) is 11.5 Å². The summed E-state index contributed by atoms with van der Waals surface area (Å²) in [5.74, 6) is 0.662. The van der Waals surface area contributed by atoms with Gasteiger partial charge in [0.15, 0.2) is 0 Å². The van der Waals surface area contributed by atoms with Crippen molar-refractivity contribution in [3.05, 3.63) is 84.7 Å². The molecule has 0 fully saturated rings. The number of ether oxygens (including phenoxy) is 1.